The van der Waals surface area contributed by atoms with Gasteiger partial charge in [-0.2, -0.15) is 0 Å². The van der Waals surface area contributed by atoms with Crippen molar-refractivity contribution in [3.05, 3.63) is 18.2 Å². The highest BCUT2D eigenvalue weighted by Crippen LogP contribution is 2.32. The van der Waals surface area contributed by atoms with Gasteiger partial charge < -0.3 is 15.0 Å². The SMILES string of the molecule is CCN(C(C)=O)c1ccc2c(c1)NC(C)CO2. The van der Waals surface area contributed by atoms with Gasteiger partial charge >= 0.3 is 0 Å². The number of benzene rings is 1. The molecule has 0 aromatic heterocycles. The molecule has 92 valence electrons. The van der Waals surface area contributed by atoms with Crippen LogP contribution in [0, 0.1) is 0 Å². The van der Waals surface area contributed by atoms with E-state index in [4.69, 9.17) is 4.74 Å². The Bertz CT molecular complexity index is 431. The molecule has 4 heteroatoms. The predicted molar refractivity (Wildman–Crippen MR) is 68.7 cm³/mol. The van der Waals surface area contributed by atoms with Gasteiger partial charge in [0.05, 0.1) is 11.7 Å². The third-order valence-electron chi connectivity index (χ3n) is 2.86. The van der Waals surface area contributed by atoms with E-state index in [1.54, 1.807) is 11.8 Å². The first-order valence-electron chi connectivity index (χ1n) is 5.93. The van der Waals surface area contributed by atoms with Crippen molar-refractivity contribution in [1.29, 1.82) is 0 Å². The van der Waals surface area contributed by atoms with Crippen LogP contribution in [0.15, 0.2) is 18.2 Å². The van der Waals surface area contributed by atoms with Gasteiger partial charge in [-0.05, 0) is 32.0 Å². The quantitative estimate of drug-likeness (QED) is 0.853. The van der Waals surface area contributed by atoms with Crippen molar-refractivity contribution in [2.45, 2.75) is 26.8 Å². The molecule has 0 bridgehead atoms. The van der Waals surface area contributed by atoms with Crippen molar-refractivity contribution in [3.63, 3.8) is 0 Å². The molecule has 1 aliphatic rings. The summed E-state index contributed by atoms with van der Waals surface area (Å²) >= 11 is 0. The van der Waals surface area contributed by atoms with Gasteiger partial charge in [-0.15, -0.1) is 0 Å². The molecule has 0 aliphatic carbocycles. The van der Waals surface area contributed by atoms with Crippen LogP contribution in [-0.4, -0.2) is 25.1 Å². The van der Waals surface area contributed by atoms with Crippen LogP contribution in [0.3, 0.4) is 0 Å². The molecule has 17 heavy (non-hydrogen) atoms. The summed E-state index contributed by atoms with van der Waals surface area (Å²) in [7, 11) is 0. The molecule has 2 rings (SSSR count). The van der Waals surface area contributed by atoms with Crippen LogP contribution < -0.4 is 15.0 Å². The molecule has 0 fully saturated rings. The van der Waals surface area contributed by atoms with Crippen LogP contribution in [0.4, 0.5) is 11.4 Å². The molecule has 1 amide bonds. The number of ether oxygens (including phenoxy) is 1. The summed E-state index contributed by atoms with van der Waals surface area (Å²) in [5, 5.41) is 3.36. The number of amides is 1. The molecule has 1 aromatic rings. The molecule has 1 aromatic carbocycles. The van der Waals surface area contributed by atoms with Gasteiger partial charge in [-0.3, -0.25) is 4.79 Å². The monoisotopic (exact) mass is 234 g/mol. The maximum atomic E-state index is 11.5. The minimum Gasteiger partial charge on any atom is -0.489 e. The third kappa shape index (κ3) is 2.35. The van der Waals surface area contributed by atoms with E-state index in [0.29, 0.717) is 19.2 Å². The smallest absolute Gasteiger partial charge is 0.223 e. The average Bonchev–Trinajstić information content (AvgIpc) is 2.29. The normalized spacial score (nSPS) is 17.7. The van der Waals surface area contributed by atoms with Crippen molar-refractivity contribution >= 4 is 17.3 Å². The maximum Gasteiger partial charge on any atom is 0.223 e. The van der Waals surface area contributed by atoms with Gasteiger partial charge in [0, 0.05) is 19.2 Å². The molecular formula is C13H18N2O2. The van der Waals surface area contributed by atoms with E-state index < -0.39 is 0 Å². The Morgan fingerprint density at radius 2 is 2.35 bits per heavy atom. The molecule has 1 atom stereocenters. The van der Waals surface area contributed by atoms with E-state index in [9.17, 15) is 4.79 Å². The zero-order chi connectivity index (χ0) is 12.4. The van der Waals surface area contributed by atoms with Crippen LogP contribution in [0.1, 0.15) is 20.8 Å². The van der Waals surface area contributed by atoms with Crippen LogP contribution in [0.5, 0.6) is 5.75 Å². The van der Waals surface area contributed by atoms with E-state index in [0.717, 1.165) is 17.1 Å². The first kappa shape index (κ1) is 11.8. The van der Waals surface area contributed by atoms with Crippen LogP contribution in [-0.2, 0) is 4.79 Å². The van der Waals surface area contributed by atoms with Crippen molar-refractivity contribution < 1.29 is 9.53 Å². The molecule has 0 saturated heterocycles. The molecule has 1 unspecified atom stereocenters. The van der Waals surface area contributed by atoms with Crippen molar-refractivity contribution in [3.8, 4) is 5.75 Å². The number of nitrogens with one attached hydrogen (secondary N) is 1. The van der Waals surface area contributed by atoms with Gasteiger partial charge in [-0.25, -0.2) is 0 Å². The fourth-order valence-electron chi connectivity index (χ4n) is 2.03. The van der Waals surface area contributed by atoms with Crippen LogP contribution in [0.2, 0.25) is 0 Å². The lowest BCUT2D eigenvalue weighted by atomic mass is 10.2. The van der Waals surface area contributed by atoms with Gasteiger partial charge in [0.15, 0.2) is 0 Å². The van der Waals surface area contributed by atoms with Gasteiger partial charge in [0.2, 0.25) is 5.91 Å². The van der Waals surface area contributed by atoms with Crippen LogP contribution in [0.25, 0.3) is 0 Å². The summed E-state index contributed by atoms with van der Waals surface area (Å²) in [5.41, 5.74) is 1.87. The number of nitrogens with zero attached hydrogens (tertiary/aromatic N) is 1. The van der Waals surface area contributed by atoms with Crippen LogP contribution >= 0.6 is 0 Å². The number of carbonyl (C=O) groups excluding carboxylic acids is 1. The molecule has 0 saturated carbocycles. The van der Waals surface area contributed by atoms with E-state index in [1.165, 1.54) is 0 Å². The molecular weight excluding hydrogens is 216 g/mol. The number of hydrogen-bond donors (Lipinski definition) is 1. The van der Waals surface area contributed by atoms with Crippen molar-refractivity contribution in [2.75, 3.05) is 23.4 Å². The lowest BCUT2D eigenvalue weighted by Gasteiger charge is -2.27. The topological polar surface area (TPSA) is 41.6 Å². The molecule has 1 N–H and O–H groups in total. The number of carbonyl (C=O) groups is 1. The molecule has 0 spiro atoms. The summed E-state index contributed by atoms with van der Waals surface area (Å²) in [4.78, 5) is 13.2. The zero-order valence-electron chi connectivity index (χ0n) is 10.5. The molecule has 1 heterocycles. The Morgan fingerprint density at radius 1 is 1.59 bits per heavy atom. The predicted octanol–water partition coefficient (Wildman–Crippen LogP) is 2.25. The Labute approximate surface area is 102 Å². The second kappa shape index (κ2) is 4.65. The zero-order valence-corrected chi connectivity index (χ0v) is 10.5. The Hall–Kier alpha value is -1.71. The Morgan fingerprint density at radius 3 is 3.00 bits per heavy atom. The highest BCUT2D eigenvalue weighted by Gasteiger charge is 2.17. The Kier molecular flexibility index (Phi) is 3.22. The first-order chi connectivity index (χ1) is 8.11. The van der Waals surface area contributed by atoms with E-state index in [-0.39, 0.29) is 5.91 Å². The van der Waals surface area contributed by atoms with E-state index in [1.807, 2.05) is 25.1 Å². The highest BCUT2D eigenvalue weighted by molar-refractivity contribution is 5.92. The first-order valence-corrected chi connectivity index (χ1v) is 5.93. The van der Waals surface area contributed by atoms with Crippen molar-refractivity contribution in [2.24, 2.45) is 0 Å². The van der Waals surface area contributed by atoms with Crippen molar-refractivity contribution in [1.82, 2.24) is 0 Å². The number of fused-ring (bicyclic) bond motifs is 1. The minimum atomic E-state index is 0.0530. The van der Waals surface area contributed by atoms with Gasteiger partial charge in [-0.1, -0.05) is 0 Å². The maximum absolute atomic E-state index is 11.5. The summed E-state index contributed by atoms with van der Waals surface area (Å²) in [5.74, 6) is 0.906. The fraction of sp³-hybridized carbons (Fsp3) is 0.462. The average molecular weight is 234 g/mol. The minimum absolute atomic E-state index is 0.0530. The van der Waals surface area contributed by atoms with E-state index in [2.05, 4.69) is 12.2 Å². The lowest BCUT2D eigenvalue weighted by molar-refractivity contribution is -0.116. The Balaban J connectivity index is 2.32. The second-order valence-electron chi connectivity index (χ2n) is 4.30. The summed E-state index contributed by atoms with van der Waals surface area (Å²) in [6.45, 7) is 6.96. The number of anilines is 2. The summed E-state index contributed by atoms with van der Waals surface area (Å²) in [6.07, 6.45) is 0. The number of hydrogen-bond acceptors (Lipinski definition) is 3. The van der Waals surface area contributed by atoms with Gasteiger partial charge in [0.1, 0.15) is 12.4 Å². The standard InChI is InChI=1S/C13H18N2O2/c1-4-15(10(3)16)11-5-6-13-12(7-11)14-9(2)8-17-13/h5-7,9,14H,4,8H2,1-3H3. The molecule has 4 nitrogen and oxygen atoms in total. The highest BCUT2D eigenvalue weighted by atomic mass is 16.5. The summed E-state index contributed by atoms with van der Waals surface area (Å²) < 4.78 is 5.60. The second-order valence-corrected chi connectivity index (χ2v) is 4.30. The lowest BCUT2D eigenvalue weighted by Crippen LogP contribution is -2.30. The number of rotatable bonds is 2. The largest absolute Gasteiger partial charge is 0.489 e. The third-order valence-corrected chi connectivity index (χ3v) is 2.86. The molecule has 0 radical (unpaired) electrons. The van der Waals surface area contributed by atoms with Gasteiger partial charge in [0.25, 0.3) is 0 Å². The summed E-state index contributed by atoms with van der Waals surface area (Å²) in [6, 6.07) is 6.09. The fourth-order valence-corrected chi connectivity index (χ4v) is 2.03. The van der Waals surface area contributed by atoms with E-state index >= 15 is 0 Å². The molecule has 1 aliphatic heterocycles.